The number of aryl methyl sites for hydroxylation is 1. The van der Waals surface area contributed by atoms with Crippen LogP contribution in [0.4, 0.5) is 0 Å². The Hall–Kier alpha value is -1.96. The van der Waals surface area contributed by atoms with E-state index in [-0.39, 0.29) is 29.5 Å². The maximum Gasteiger partial charge on any atom is 0.312 e. The fourth-order valence-electron chi connectivity index (χ4n) is 4.63. The molecule has 1 saturated carbocycles. The molecule has 1 aliphatic heterocycles. The van der Waals surface area contributed by atoms with Crippen molar-refractivity contribution in [3.63, 3.8) is 0 Å². The zero-order chi connectivity index (χ0) is 18.4. The summed E-state index contributed by atoms with van der Waals surface area (Å²) in [5.74, 6) is -0.150. The summed E-state index contributed by atoms with van der Waals surface area (Å²) < 4.78 is 7.30. The molecule has 1 aromatic rings. The van der Waals surface area contributed by atoms with E-state index in [4.69, 9.17) is 4.74 Å². The third kappa shape index (κ3) is 2.82. The van der Waals surface area contributed by atoms with Gasteiger partial charge in [0, 0.05) is 38.1 Å². The first-order valence-electron chi connectivity index (χ1n) is 8.77. The van der Waals surface area contributed by atoms with Crippen molar-refractivity contribution in [2.75, 3.05) is 13.7 Å². The van der Waals surface area contributed by atoms with Gasteiger partial charge in [0.15, 0.2) is 5.82 Å². The second-order valence-electron chi connectivity index (χ2n) is 7.74. The van der Waals surface area contributed by atoms with E-state index in [1.807, 2.05) is 14.0 Å². The van der Waals surface area contributed by atoms with Gasteiger partial charge in [-0.05, 0) is 12.8 Å². The maximum atomic E-state index is 12.7. The van der Waals surface area contributed by atoms with Crippen LogP contribution in [-0.4, -0.2) is 57.3 Å². The molecule has 1 saturated heterocycles. The molecule has 0 bridgehead atoms. The van der Waals surface area contributed by atoms with Gasteiger partial charge in [-0.1, -0.05) is 20.8 Å². The molecule has 25 heavy (non-hydrogen) atoms. The molecule has 4 atom stereocenters. The molecule has 4 unspecified atom stereocenters. The Morgan fingerprint density at radius 3 is 2.68 bits per heavy atom. The molecule has 138 valence electrons. The Balaban J connectivity index is 1.69. The van der Waals surface area contributed by atoms with Crippen molar-refractivity contribution >= 4 is 11.8 Å². The van der Waals surface area contributed by atoms with Crippen molar-refractivity contribution in [1.29, 1.82) is 0 Å². The van der Waals surface area contributed by atoms with Crippen molar-refractivity contribution in [1.82, 2.24) is 25.0 Å². The van der Waals surface area contributed by atoms with E-state index in [9.17, 15) is 9.59 Å². The van der Waals surface area contributed by atoms with Crippen molar-refractivity contribution in [2.24, 2.45) is 18.4 Å². The molecule has 3 rings (SSSR count). The standard InChI is InChI=1S/C17H27N5O3/c1-10-12(17(2,3)13(10)25-5)19-15(23)16(24)22-8-6-7-11(22)14-20-18-9-21(14)4/h9-13H,6-8H2,1-5H3,(H,19,23). The van der Waals surface area contributed by atoms with Gasteiger partial charge >= 0.3 is 11.8 Å². The van der Waals surface area contributed by atoms with Crippen LogP contribution in [0, 0.1) is 11.3 Å². The van der Waals surface area contributed by atoms with Gasteiger partial charge in [0.25, 0.3) is 0 Å². The van der Waals surface area contributed by atoms with E-state index in [1.165, 1.54) is 0 Å². The number of hydrogen-bond donors (Lipinski definition) is 1. The molecule has 2 aliphatic rings. The number of ether oxygens (including phenoxy) is 1. The number of aromatic nitrogens is 3. The fraction of sp³-hybridized carbons (Fsp3) is 0.765. The summed E-state index contributed by atoms with van der Waals surface area (Å²) in [4.78, 5) is 26.9. The van der Waals surface area contributed by atoms with Gasteiger partial charge in [-0.15, -0.1) is 10.2 Å². The Kier molecular flexibility index (Phi) is 4.57. The number of likely N-dealkylation sites (tertiary alicyclic amines) is 1. The molecule has 1 N–H and O–H groups in total. The summed E-state index contributed by atoms with van der Waals surface area (Å²) in [7, 11) is 3.53. The van der Waals surface area contributed by atoms with Crippen molar-refractivity contribution in [2.45, 2.75) is 51.8 Å². The van der Waals surface area contributed by atoms with Crippen LogP contribution in [0.2, 0.25) is 0 Å². The van der Waals surface area contributed by atoms with Crippen molar-refractivity contribution in [3.05, 3.63) is 12.2 Å². The number of carbonyl (C=O) groups excluding carboxylic acids is 2. The largest absolute Gasteiger partial charge is 0.380 e. The lowest BCUT2D eigenvalue weighted by atomic mass is 9.58. The van der Waals surface area contributed by atoms with Gasteiger partial charge in [-0.3, -0.25) is 9.59 Å². The van der Waals surface area contributed by atoms with E-state index in [0.29, 0.717) is 6.54 Å². The topological polar surface area (TPSA) is 89.3 Å². The monoisotopic (exact) mass is 349 g/mol. The van der Waals surface area contributed by atoms with Crippen LogP contribution >= 0.6 is 0 Å². The first-order chi connectivity index (χ1) is 11.8. The molecular formula is C17H27N5O3. The summed E-state index contributed by atoms with van der Waals surface area (Å²) in [6.07, 6.45) is 3.34. The van der Waals surface area contributed by atoms with Crippen LogP contribution in [0.5, 0.6) is 0 Å². The van der Waals surface area contributed by atoms with Gasteiger partial charge < -0.3 is 19.5 Å². The lowest BCUT2D eigenvalue weighted by Gasteiger charge is -2.56. The minimum atomic E-state index is -0.548. The van der Waals surface area contributed by atoms with Crippen LogP contribution < -0.4 is 5.32 Å². The van der Waals surface area contributed by atoms with E-state index < -0.39 is 11.8 Å². The number of hydrogen-bond acceptors (Lipinski definition) is 5. The molecular weight excluding hydrogens is 322 g/mol. The number of rotatable bonds is 3. The SMILES string of the molecule is COC1C(C)C(NC(=O)C(=O)N2CCCC2c2nncn2C)C1(C)C. The zero-order valence-electron chi connectivity index (χ0n) is 15.5. The normalized spacial score (nSPS) is 30.8. The smallest absolute Gasteiger partial charge is 0.312 e. The highest BCUT2D eigenvalue weighted by Gasteiger charge is 2.55. The molecule has 0 aromatic carbocycles. The Labute approximate surface area is 147 Å². The second kappa shape index (κ2) is 6.40. The van der Waals surface area contributed by atoms with Crippen molar-refractivity contribution in [3.8, 4) is 0 Å². The number of carbonyl (C=O) groups is 2. The summed E-state index contributed by atoms with van der Waals surface area (Å²) >= 11 is 0. The van der Waals surface area contributed by atoms with Crippen LogP contribution in [0.3, 0.4) is 0 Å². The first-order valence-corrected chi connectivity index (χ1v) is 8.77. The number of nitrogens with zero attached hydrogens (tertiary/aromatic N) is 4. The zero-order valence-corrected chi connectivity index (χ0v) is 15.5. The molecule has 2 heterocycles. The third-order valence-electron chi connectivity index (χ3n) is 5.83. The molecule has 0 radical (unpaired) electrons. The fourth-order valence-corrected chi connectivity index (χ4v) is 4.63. The van der Waals surface area contributed by atoms with Crippen LogP contribution in [0.1, 0.15) is 45.5 Å². The number of amides is 2. The molecule has 1 aliphatic carbocycles. The lowest BCUT2D eigenvalue weighted by Crippen LogP contribution is -2.68. The Morgan fingerprint density at radius 2 is 2.12 bits per heavy atom. The van der Waals surface area contributed by atoms with E-state index >= 15 is 0 Å². The quantitative estimate of drug-likeness (QED) is 0.810. The van der Waals surface area contributed by atoms with Gasteiger partial charge in [0.05, 0.1) is 12.1 Å². The lowest BCUT2D eigenvalue weighted by molar-refractivity contribution is -0.161. The van der Waals surface area contributed by atoms with E-state index in [1.54, 1.807) is 22.9 Å². The van der Waals surface area contributed by atoms with Crippen LogP contribution in [-0.2, 0) is 21.4 Å². The van der Waals surface area contributed by atoms with Crippen molar-refractivity contribution < 1.29 is 14.3 Å². The molecule has 8 nitrogen and oxygen atoms in total. The van der Waals surface area contributed by atoms with E-state index in [2.05, 4.69) is 29.4 Å². The van der Waals surface area contributed by atoms with Crippen LogP contribution in [0.15, 0.2) is 6.33 Å². The van der Waals surface area contributed by atoms with Gasteiger partial charge in [0.1, 0.15) is 6.33 Å². The van der Waals surface area contributed by atoms with Gasteiger partial charge in [-0.2, -0.15) is 0 Å². The highest BCUT2D eigenvalue weighted by Crippen LogP contribution is 2.46. The third-order valence-corrected chi connectivity index (χ3v) is 5.83. The predicted molar refractivity (Wildman–Crippen MR) is 90.4 cm³/mol. The Morgan fingerprint density at radius 1 is 1.40 bits per heavy atom. The first kappa shape index (κ1) is 17.8. The Bertz CT molecular complexity index is 671. The molecule has 2 fully saturated rings. The molecule has 8 heteroatoms. The predicted octanol–water partition coefficient (Wildman–Crippen LogP) is 0.654. The average molecular weight is 349 g/mol. The molecule has 2 amide bonds. The second-order valence-corrected chi connectivity index (χ2v) is 7.74. The van der Waals surface area contributed by atoms with E-state index in [0.717, 1.165) is 18.7 Å². The summed E-state index contributed by atoms with van der Waals surface area (Å²) in [6.45, 7) is 6.70. The summed E-state index contributed by atoms with van der Waals surface area (Å²) in [5, 5.41) is 10.9. The average Bonchev–Trinajstić information content (AvgIpc) is 3.19. The van der Waals surface area contributed by atoms with Gasteiger partial charge in [0.2, 0.25) is 0 Å². The summed E-state index contributed by atoms with van der Waals surface area (Å²) in [5.41, 5.74) is -0.196. The molecule has 1 aromatic heterocycles. The minimum Gasteiger partial charge on any atom is -0.380 e. The highest BCUT2D eigenvalue weighted by molar-refractivity contribution is 6.35. The van der Waals surface area contributed by atoms with Crippen LogP contribution in [0.25, 0.3) is 0 Å². The molecule has 0 spiro atoms. The minimum absolute atomic E-state index is 0.0751. The van der Waals surface area contributed by atoms with Gasteiger partial charge in [-0.25, -0.2) is 0 Å². The highest BCUT2D eigenvalue weighted by atomic mass is 16.5. The maximum absolute atomic E-state index is 12.7. The summed E-state index contributed by atoms with van der Waals surface area (Å²) in [6, 6.07) is -0.269. The number of nitrogens with one attached hydrogen (secondary N) is 1. The number of methoxy groups -OCH3 is 1.